The van der Waals surface area contributed by atoms with Gasteiger partial charge in [-0.05, 0) is 65.8 Å². The molecule has 0 fully saturated rings. The fraction of sp³-hybridized carbons (Fsp3) is 0.310. The lowest BCUT2D eigenvalue weighted by atomic mass is 9.95. The summed E-state index contributed by atoms with van der Waals surface area (Å²) in [6.07, 6.45) is 1.92. The number of carbonyl (C=O) groups excluding carboxylic acids is 1. The summed E-state index contributed by atoms with van der Waals surface area (Å²) >= 11 is 0. The smallest absolute Gasteiger partial charge is 0.303 e. The Morgan fingerprint density at radius 3 is 2.24 bits per heavy atom. The van der Waals surface area contributed by atoms with Crippen molar-refractivity contribution >= 4 is 21.7 Å². The minimum atomic E-state index is -3.33. The third-order valence-corrected chi connectivity index (χ3v) is 7.03. The number of amides is 1. The number of para-hydroxylation sites is 1. The lowest BCUT2D eigenvalue weighted by molar-refractivity contribution is -0.136. The number of hydrogen-bond acceptors (Lipinski definition) is 5. The van der Waals surface area contributed by atoms with Crippen LogP contribution in [0, 0.1) is 5.92 Å². The highest BCUT2D eigenvalue weighted by Gasteiger charge is 2.21. The fourth-order valence-electron chi connectivity index (χ4n) is 4.00. The first-order chi connectivity index (χ1) is 17.5. The van der Waals surface area contributed by atoms with Crippen molar-refractivity contribution in [2.24, 2.45) is 5.92 Å². The van der Waals surface area contributed by atoms with E-state index in [-0.39, 0.29) is 42.2 Å². The molecule has 7 nitrogen and oxygen atoms in total. The van der Waals surface area contributed by atoms with Gasteiger partial charge in [0.25, 0.3) is 5.91 Å². The molecule has 1 atom stereocenters. The Bertz CT molecular complexity index is 1320. The first kappa shape index (κ1) is 27.9. The van der Waals surface area contributed by atoms with Crippen LogP contribution in [-0.4, -0.2) is 31.7 Å². The minimum Gasteiger partial charge on any atom is -0.489 e. The maximum absolute atomic E-state index is 13.5. The standard InChI is InChI=1S/C29H33NO6S/c1-20(2)17-27(23-11-14-25(15-12-23)37(3,34)35)30-29(33)26-18-21(9-10-22(26)13-16-28(31)32)19-36-24-7-5-4-6-8-24/h4-12,14-15,18,20,27H,13,16-17,19H2,1-3H3,(H,30,33)(H,31,32). The van der Waals surface area contributed by atoms with Crippen LogP contribution in [0.4, 0.5) is 0 Å². The van der Waals surface area contributed by atoms with Crippen LogP contribution >= 0.6 is 0 Å². The van der Waals surface area contributed by atoms with E-state index in [1.807, 2.05) is 50.2 Å². The number of nitrogens with one attached hydrogen (secondary N) is 1. The van der Waals surface area contributed by atoms with Gasteiger partial charge in [0.15, 0.2) is 9.84 Å². The van der Waals surface area contributed by atoms with Crippen molar-refractivity contribution in [2.45, 2.75) is 50.7 Å². The second-order valence-electron chi connectivity index (χ2n) is 9.48. The highest BCUT2D eigenvalue weighted by atomic mass is 32.2. The molecule has 3 rings (SSSR count). The van der Waals surface area contributed by atoms with E-state index in [2.05, 4.69) is 5.32 Å². The molecule has 0 saturated carbocycles. The molecule has 37 heavy (non-hydrogen) atoms. The molecule has 3 aromatic rings. The van der Waals surface area contributed by atoms with Gasteiger partial charge in [-0.25, -0.2) is 8.42 Å². The van der Waals surface area contributed by atoms with Gasteiger partial charge in [-0.15, -0.1) is 0 Å². The van der Waals surface area contributed by atoms with Gasteiger partial charge in [-0.2, -0.15) is 0 Å². The van der Waals surface area contributed by atoms with E-state index in [1.54, 1.807) is 36.4 Å². The third kappa shape index (κ3) is 8.46. The maximum Gasteiger partial charge on any atom is 0.303 e. The van der Waals surface area contributed by atoms with Crippen LogP contribution in [0.25, 0.3) is 0 Å². The van der Waals surface area contributed by atoms with E-state index in [4.69, 9.17) is 4.74 Å². The van der Waals surface area contributed by atoms with Crippen LogP contribution < -0.4 is 10.1 Å². The van der Waals surface area contributed by atoms with Crippen LogP contribution in [0.3, 0.4) is 0 Å². The monoisotopic (exact) mass is 523 g/mol. The molecule has 8 heteroatoms. The van der Waals surface area contributed by atoms with Crippen molar-refractivity contribution in [1.82, 2.24) is 5.32 Å². The Morgan fingerprint density at radius 1 is 0.973 bits per heavy atom. The summed E-state index contributed by atoms with van der Waals surface area (Å²) in [6.45, 7) is 4.35. The van der Waals surface area contributed by atoms with Gasteiger partial charge in [-0.1, -0.05) is 56.3 Å². The van der Waals surface area contributed by atoms with Gasteiger partial charge in [0, 0.05) is 18.2 Å². The molecule has 0 radical (unpaired) electrons. The quantitative estimate of drug-likeness (QED) is 0.338. The molecular weight excluding hydrogens is 490 g/mol. The molecule has 3 aromatic carbocycles. The van der Waals surface area contributed by atoms with Crippen molar-refractivity contribution in [1.29, 1.82) is 0 Å². The molecule has 1 unspecified atom stereocenters. The van der Waals surface area contributed by atoms with E-state index in [0.717, 1.165) is 17.4 Å². The maximum atomic E-state index is 13.5. The molecule has 0 aromatic heterocycles. The highest BCUT2D eigenvalue weighted by Crippen LogP contribution is 2.25. The van der Waals surface area contributed by atoms with Crippen molar-refractivity contribution < 1.29 is 27.9 Å². The number of sulfone groups is 1. The normalized spacial score (nSPS) is 12.2. The number of ether oxygens (including phenoxy) is 1. The molecule has 0 spiro atoms. The molecule has 0 aliphatic carbocycles. The first-order valence-corrected chi connectivity index (χ1v) is 14.0. The van der Waals surface area contributed by atoms with Crippen molar-refractivity contribution in [3.63, 3.8) is 0 Å². The van der Waals surface area contributed by atoms with Crippen LogP contribution in [0.5, 0.6) is 5.75 Å². The molecule has 0 bridgehead atoms. The van der Waals surface area contributed by atoms with Gasteiger partial charge in [0.05, 0.1) is 10.9 Å². The second kappa shape index (κ2) is 12.5. The Kier molecular flexibility index (Phi) is 9.47. The minimum absolute atomic E-state index is 0.0947. The number of carboxylic acid groups (broad SMARTS) is 1. The zero-order valence-electron chi connectivity index (χ0n) is 21.3. The number of aryl methyl sites for hydroxylation is 1. The summed E-state index contributed by atoms with van der Waals surface area (Å²) in [5, 5.41) is 12.3. The summed E-state index contributed by atoms with van der Waals surface area (Å²) in [7, 11) is -3.33. The molecule has 196 valence electrons. The Hall–Kier alpha value is -3.65. The van der Waals surface area contributed by atoms with Crippen molar-refractivity contribution in [3.8, 4) is 5.75 Å². The summed E-state index contributed by atoms with van der Waals surface area (Å²) in [4.78, 5) is 24.9. The summed E-state index contributed by atoms with van der Waals surface area (Å²) < 4.78 is 29.5. The fourth-order valence-corrected chi connectivity index (χ4v) is 4.63. The average molecular weight is 524 g/mol. The largest absolute Gasteiger partial charge is 0.489 e. The van der Waals surface area contributed by atoms with Crippen LogP contribution in [0.15, 0.2) is 77.7 Å². The predicted molar refractivity (Wildman–Crippen MR) is 142 cm³/mol. The van der Waals surface area contributed by atoms with Gasteiger partial charge >= 0.3 is 5.97 Å². The van der Waals surface area contributed by atoms with E-state index >= 15 is 0 Å². The average Bonchev–Trinajstić information content (AvgIpc) is 2.86. The summed E-state index contributed by atoms with van der Waals surface area (Å²) in [5.41, 5.74) is 2.62. The predicted octanol–water partition coefficient (Wildman–Crippen LogP) is 5.20. The van der Waals surface area contributed by atoms with E-state index < -0.39 is 15.8 Å². The van der Waals surface area contributed by atoms with E-state index in [1.165, 1.54) is 0 Å². The lowest BCUT2D eigenvalue weighted by Crippen LogP contribution is -2.30. The second-order valence-corrected chi connectivity index (χ2v) is 11.5. The van der Waals surface area contributed by atoms with Gasteiger partial charge in [0.1, 0.15) is 12.4 Å². The molecule has 2 N–H and O–H groups in total. The topological polar surface area (TPSA) is 110 Å². The molecule has 1 amide bonds. The van der Waals surface area contributed by atoms with Crippen molar-refractivity contribution in [2.75, 3.05) is 6.26 Å². The van der Waals surface area contributed by atoms with Crippen molar-refractivity contribution in [3.05, 3.63) is 95.1 Å². The number of benzene rings is 3. The van der Waals surface area contributed by atoms with Crippen LogP contribution in [-0.2, 0) is 27.7 Å². The zero-order valence-corrected chi connectivity index (χ0v) is 22.1. The summed E-state index contributed by atoms with van der Waals surface area (Å²) in [5.74, 6) is -0.291. The van der Waals surface area contributed by atoms with Crippen LogP contribution in [0.2, 0.25) is 0 Å². The Morgan fingerprint density at radius 2 is 1.65 bits per heavy atom. The SMILES string of the molecule is CC(C)CC(NC(=O)c1cc(COc2ccccc2)ccc1CCC(=O)O)c1ccc(S(C)(=O)=O)cc1. The number of carboxylic acids is 1. The highest BCUT2D eigenvalue weighted by molar-refractivity contribution is 7.90. The lowest BCUT2D eigenvalue weighted by Gasteiger charge is -2.22. The van der Waals surface area contributed by atoms with E-state index in [9.17, 15) is 23.1 Å². The molecule has 0 saturated heterocycles. The Labute approximate surface area is 218 Å². The molecular formula is C29H33NO6S. The third-order valence-electron chi connectivity index (χ3n) is 5.90. The molecule has 0 aliphatic rings. The van der Waals surface area contributed by atoms with Gasteiger partial charge in [0.2, 0.25) is 0 Å². The van der Waals surface area contributed by atoms with E-state index in [0.29, 0.717) is 23.3 Å². The number of hydrogen-bond donors (Lipinski definition) is 2. The zero-order chi connectivity index (χ0) is 27.0. The molecule has 0 aliphatic heterocycles. The number of aliphatic carboxylic acids is 1. The summed E-state index contributed by atoms with van der Waals surface area (Å²) in [6, 6.07) is 20.9. The van der Waals surface area contributed by atoms with Gasteiger partial charge in [-0.3, -0.25) is 9.59 Å². The first-order valence-electron chi connectivity index (χ1n) is 12.1. The Balaban J connectivity index is 1.87. The van der Waals surface area contributed by atoms with Gasteiger partial charge < -0.3 is 15.2 Å². The number of rotatable bonds is 12. The molecule has 0 heterocycles. The van der Waals surface area contributed by atoms with Crippen LogP contribution in [0.1, 0.15) is 59.8 Å². The number of carbonyl (C=O) groups is 2.